The lowest BCUT2D eigenvalue weighted by Crippen LogP contribution is -2.56. The molecule has 172 valence electrons. The van der Waals surface area contributed by atoms with Gasteiger partial charge in [-0.1, -0.05) is 90.5 Å². The molecule has 4 nitrogen and oxygen atoms in total. The van der Waals surface area contributed by atoms with Crippen molar-refractivity contribution in [3.8, 4) is 11.1 Å². The van der Waals surface area contributed by atoms with E-state index in [0.717, 1.165) is 19.3 Å². The Morgan fingerprint density at radius 1 is 0.853 bits per heavy atom. The third kappa shape index (κ3) is 3.92. The van der Waals surface area contributed by atoms with Crippen molar-refractivity contribution in [3.63, 3.8) is 0 Å². The number of benzene rings is 3. The van der Waals surface area contributed by atoms with Crippen LogP contribution >= 0.6 is 0 Å². The van der Waals surface area contributed by atoms with E-state index < -0.39 is 0 Å². The lowest BCUT2D eigenvalue weighted by molar-refractivity contribution is -0.0365. The van der Waals surface area contributed by atoms with E-state index in [1.165, 1.54) is 33.4 Å². The molecular weight excluding hydrogens is 422 g/mol. The Balaban J connectivity index is 1.15. The van der Waals surface area contributed by atoms with Crippen LogP contribution in [0.15, 0.2) is 90.5 Å². The van der Waals surface area contributed by atoms with Gasteiger partial charge in [0.05, 0.1) is 25.3 Å². The summed E-state index contributed by atoms with van der Waals surface area (Å²) in [5.74, 6) is 0.0780. The van der Waals surface area contributed by atoms with Gasteiger partial charge in [-0.25, -0.2) is 4.79 Å². The zero-order valence-corrected chi connectivity index (χ0v) is 19.2. The minimum atomic E-state index is -0.224. The Hall–Kier alpha value is -3.37. The van der Waals surface area contributed by atoms with Gasteiger partial charge in [-0.3, -0.25) is 4.90 Å². The summed E-state index contributed by atoms with van der Waals surface area (Å²) in [6.45, 7) is 1.47. The van der Waals surface area contributed by atoms with Gasteiger partial charge in [-0.2, -0.15) is 0 Å². The molecule has 0 spiro atoms. The van der Waals surface area contributed by atoms with Gasteiger partial charge in [0.15, 0.2) is 0 Å². The lowest BCUT2D eigenvalue weighted by Gasteiger charge is -2.44. The Bertz CT molecular complexity index is 1170. The molecule has 1 amide bonds. The summed E-state index contributed by atoms with van der Waals surface area (Å²) in [4.78, 5) is 15.2. The summed E-state index contributed by atoms with van der Waals surface area (Å²) >= 11 is 0. The average Bonchev–Trinajstić information content (AvgIpc) is 3.20. The Kier molecular flexibility index (Phi) is 5.68. The second-order valence-electron chi connectivity index (χ2n) is 9.48. The molecule has 1 saturated heterocycles. The molecule has 2 aliphatic heterocycles. The summed E-state index contributed by atoms with van der Waals surface area (Å²) < 4.78 is 11.8. The van der Waals surface area contributed by atoms with Gasteiger partial charge in [-0.15, -0.1) is 0 Å². The maximum Gasteiger partial charge on any atom is 0.410 e. The van der Waals surface area contributed by atoms with Crippen LogP contribution in [0.5, 0.6) is 0 Å². The fourth-order valence-corrected chi connectivity index (χ4v) is 5.77. The highest BCUT2D eigenvalue weighted by atomic mass is 16.6. The first-order valence-electron chi connectivity index (χ1n) is 12.2. The number of carbonyl (C=O) groups excluding carboxylic acids is 1. The molecule has 0 N–H and O–H groups in total. The number of nitrogens with zero attached hydrogens (tertiary/aromatic N) is 1. The zero-order valence-electron chi connectivity index (χ0n) is 19.2. The molecule has 2 unspecified atom stereocenters. The molecule has 0 aromatic heterocycles. The smallest absolute Gasteiger partial charge is 0.410 e. The molecule has 2 bridgehead atoms. The number of amides is 1. The van der Waals surface area contributed by atoms with Crippen LogP contribution in [0.4, 0.5) is 4.79 Å². The van der Waals surface area contributed by atoms with Crippen LogP contribution in [0.25, 0.3) is 11.1 Å². The predicted molar refractivity (Wildman–Crippen MR) is 133 cm³/mol. The first kappa shape index (κ1) is 21.2. The highest BCUT2D eigenvalue weighted by Crippen LogP contribution is 2.44. The van der Waals surface area contributed by atoms with Gasteiger partial charge >= 0.3 is 6.09 Å². The van der Waals surface area contributed by atoms with E-state index in [2.05, 4.69) is 84.9 Å². The van der Waals surface area contributed by atoms with E-state index in [9.17, 15) is 4.79 Å². The molecule has 3 aromatic rings. The number of hydrogen-bond acceptors (Lipinski definition) is 3. The van der Waals surface area contributed by atoms with Crippen LogP contribution in [0, 0.1) is 0 Å². The molecule has 3 aromatic carbocycles. The van der Waals surface area contributed by atoms with Crippen molar-refractivity contribution in [3.05, 3.63) is 107 Å². The van der Waals surface area contributed by atoms with Gasteiger partial charge < -0.3 is 9.47 Å². The number of fused-ring (bicyclic) bond motifs is 5. The van der Waals surface area contributed by atoms with Crippen molar-refractivity contribution >= 4 is 6.09 Å². The summed E-state index contributed by atoms with van der Waals surface area (Å²) in [7, 11) is 0. The van der Waals surface area contributed by atoms with Crippen molar-refractivity contribution in [2.24, 2.45) is 0 Å². The normalized spacial score (nSPS) is 20.9. The summed E-state index contributed by atoms with van der Waals surface area (Å²) in [6.07, 6.45) is 4.92. The fraction of sp³-hybridized carbons (Fsp3) is 0.300. The van der Waals surface area contributed by atoms with Gasteiger partial charge in [-0.05, 0) is 47.1 Å². The predicted octanol–water partition coefficient (Wildman–Crippen LogP) is 5.97. The first-order chi connectivity index (χ1) is 16.8. The minimum absolute atomic E-state index is 0.0465. The van der Waals surface area contributed by atoms with Crippen molar-refractivity contribution in [2.45, 2.75) is 37.3 Å². The average molecular weight is 452 g/mol. The van der Waals surface area contributed by atoms with Crippen LogP contribution in [0.2, 0.25) is 0 Å². The molecule has 3 aliphatic rings. The third-order valence-electron chi connectivity index (χ3n) is 7.40. The standard InChI is InChI=1S/C30H29NO3/c32-30(34-20-29-27-12-6-4-10-25(27)26-11-5-7-13-28(26)29)31-23-16-22(17-24(31)19-33-18-23)15-14-21-8-2-1-3-9-21/h1-13,16,23-24,29H,14-15,17-20H2. The molecule has 6 rings (SSSR count). The Labute approximate surface area is 200 Å². The molecule has 1 aliphatic carbocycles. The SMILES string of the molecule is O=C(OCC1c2ccccc2-c2ccccc21)N1C2C=C(CCc3ccccc3)CC1COC2. The van der Waals surface area contributed by atoms with Crippen LogP contribution in [-0.2, 0) is 15.9 Å². The van der Waals surface area contributed by atoms with Gasteiger partial charge in [0.1, 0.15) is 6.61 Å². The van der Waals surface area contributed by atoms with E-state index in [-0.39, 0.29) is 24.1 Å². The number of hydrogen-bond donors (Lipinski definition) is 0. The minimum Gasteiger partial charge on any atom is -0.448 e. The van der Waals surface area contributed by atoms with Crippen LogP contribution in [0.3, 0.4) is 0 Å². The number of carbonyl (C=O) groups is 1. The molecule has 1 fully saturated rings. The summed E-state index contributed by atoms with van der Waals surface area (Å²) in [6, 6.07) is 27.5. The lowest BCUT2D eigenvalue weighted by atomic mass is 9.91. The number of ether oxygens (including phenoxy) is 2. The van der Waals surface area contributed by atoms with Crippen molar-refractivity contribution in [2.75, 3.05) is 19.8 Å². The van der Waals surface area contributed by atoms with Crippen LogP contribution < -0.4 is 0 Å². The van der Waals surface area contributed by atoms with E-state index in [1.807, 2.05) is 4.90 Å². The molecular formula is C30H29NO3. The third-order valence-corrected chi connectivity index (χ3v) is 7.40. The van der Waals surface area contributed by atoms with Crippen molar-refractivity contribution in [1.82, 2.24) is 4.90 Å². The maximum absolute atomic E-state index is 13.3. The van der Waals surface area contributed by atoms with Gasteiger partial charge in [0, 0.05) is 5.92 Å². The fourth-order valence-electron chi connectivity index (χ4n) is 5.77. The monoisotopic (exact) mass is 451 g/mol. The first-order valence-corrected chi connectivity index (χ1v) is 12.2. The molecule has 2 heterocycles. The van der Waals surface area contributed by atoms with Crippen molar-refractivity contribution < 1.29 is 14.3 Å². The molecule has 4 heteroatoms. The van der Waals surface area contributed by atoms with Crippen LogP contribution in [0.1, 0.15) is 35.4 Å². The summed E-state index contributed by atoms with van der Waals surface area (Å²) in [5.41, 5.74) is 7.74. The van der Waals surface area contributed by atoms with Gasteiger partial charge in [0.25, 0.3) is 0 Å². The van der Waals surface area contributed by atoms with E-state index >= 15 is 0 Å². The highest BCUT2D eigenvalue weighted by Gasteiger charge is 2.39. The second kappa shape index (κ2) is 9.11. The molecule has 34 heavy (non-hydrogen) atoms. The maximum atomic E-state index is 13.3. The van der Waals surface area contributed by atoms with E-state index in [1.54, 1.807) is 0 Å². The molecule has 0 saturated carbocycles. The number of morpholine rings is 1. The zero-order chi connectivity index (χ0) is 22.9. The topological polar surface area (TPSA) is 38.8 Å². The van der Waals surface area contributed by atoms with Crippen LogP contribution in [-0.4, -0.2) is 42.9 Å². The highest BCUT2D eigenvalue weighted by molar-refractivity contribution is 5.79. The van der Waals surface area contributed by atoms with E-state index in [4.69, 9.17) is 9.47 Å². The molecule has 0 radical (unpaired) electrons. The number of aryl methyl sites for hydroxylation is 1. The van der Waals surface area contributed by atoms with Gasteiger partial charge in [0.2, 0.25) is 0 Å². The quantitative estimate of drug-likeness (QED) is 0.449. The second-order valence-corrected chi connectivity index (χ2v) is 9.48. The Morgan fingerprint density at radius 2 is 1.53 bits per heavy atom. The molecule has 2 atom stereocenters. The summed E-state index contributed by atoms with van der Waals surface area (Å²) in [5, 5.41) is 0. The van der Waals surface area contributed by atoms with E-state index in [0.29, 0.717) is 19.8 Å². The number of rotatable bonds is 5. The van der Waals surface area contributed by atoms with Crippen molar-refractivity contribution in [1.29, 1.82) is 0 Å². The Morgan fingerprint density at radius 3 is 2.24 bits per heavy atom. The largest absolute Gasteiger partial charge is 0.448 e.